The van der Waals surface area contributed by atoms with Crippen LogP contribution in [0.5, 0.6) is 0 Å². The number of nitrogens with zero attached hydrogens (tertiary/aromatic N) is 4. The van der Waals surface area contributed by atoms with Crippen molar-refractivity contribution in [1.29, 1.82) is 0 Å². The van der Waals surface area contributed by atoms with Gasteiger partial charge in [0.1, 0.15) is 17.7 Å². The minimum Gasteiger partial charge on any atom is -0.453 e. The quantitative estimate of drug-likeness (QED) is 0.0989. The molecule has 6 aromatic rings. The number of carbonyl (C=O) groups excluding carboxylic acids is 3. The molecule has 3 amide bonds. The normalized spacial score (nSPS) is 14.8. The summed E-state index contributed by atoms with van der Waals surface area (Å²) >= 11 is 0. The molecule has 1 fully saturated rings. The lowest BCUT2D eigenvalue weighted by Crippen LogP contribution is -2.40. The van der Waals surface area contributed by atoms with Gasteiger partial charge in [0.15, 0.2) is 0 Å². The average molecular weight is 727 g/mol. The van der Waals surface area contributed by atoms with Gasteiger partial charge in [-0.15, -0.1) is 0 Å². The Morgan fingerprint density at radius 3 is 2.43 bits per heavy atom. The van der Waals surface area contributed by atoms with Crippen molar-refractivity contribution in [2.45, 2.75) is 44.2 Å². The van der Waals surface area contributed by atoms with Gasteiger partial charge in [-0.1, -0.05) is 60.7 Å². The number of methoxy groups -OCH3 is 1. The third-order valence-corrected chi connectivity index (χ3v) is 10.1. The molecule has 0 spiro atoms. The summed E-state index contributed by atoms with van der Waals surface area (Å²) in [4.78, 5) is 57.4. The minimum absolute atomic E-state index is 0.0936. The fourth-order valence-electron chi connectivity index (χ4n) is 7.30. The van der Waals surface area contributed by atoms with Crippen LogP contribution >= 0.6 is 0 Å². The Hall–Kier alpha value is -6.01. The highest BCUT2D eigenvalue weighted by atomic mass is 16.5. The van der Waals surface area contributed by atoms with Gasteiger partial charge in [-0.3, -0.25) is 14.5 Å². The molecule has 7 rings (SSSR count). The smallest absolute Gasteiger partial charge is 0.407 e. The molecule has 12 nitrogen and oxygen atoms in total. The van der Waals surface area contributed by atoms with Gasteiger partial charge in [-0.2, -0.15) is 0 Å². The Morgan fingerprint density at radius 2 is 1.65 bits per heavy atom. The first-order chi connectivity index (χ1) is 26.3. The van der Waals surface area contributed by atoms with E-state index < -0.39 is 6.09 Å². The molecular formula is C42H46N8O4. The zero-order chi connectivity index (χ0) is 37.6. The largest absolute Gasteiger partial charge is 0.453 e. The summed E-state index contributed by atoms with van der Waals surface area (Å²) < 4.78 is 4.47. The lowest BCUT2D eigenvalue weighted by atomic mass is 9.99. The van der Waals surface area contributed by atoms with E-state index in [1.807, 2.05) is 60.4 Å². The molecular weight excluding hydrogens is 681 g/mol. The van der Waals surface area contributed by atoms with Crippen LogP contribution in [0.3, 0.4) is 0 Å². The molecule has 278 valence electrons. The Kier molecular flexibility index (Phi) is 11.0. The van der Waals surface area contributed by atoms with Crippen molar-refractivity contribution in [3.8, 4) is 22.4 Å². The zero-order valence-corrected chi connectivity index (χ0v) is 30.9. The molecule has 2 aromatic heterocycles. The predicted molar refractivity (Wildman–Crippen MR) is 210 cm³/mol. The number of likely N-dealkylation sites (N-methyl/N-ethyl adjacent to an activating group) is 1. The summed E-state index contributed by atoms with van der Waals surface area (Å²) in [5, 5.41) is 7.42. The van der Waals surface area contributed by atoms with Crippen molar-refractivity contribution in [1.82, 2.24) is 40.4 Å². The third kappa shape index (κ3) is 8.13. The van der Waals surface area contributed by atoms with Crippen molar-refractivity contribution in [2.75, 3.05) is 40.8 Å². The van der Waals surface area contributed by atoms with Crippen LogP contribution in [0.1, 0.15) is 55.0 Å². The van der Waals surface area contributed by atoms with Crippen molar-refractivity contribution < 1.29 is 19.1 Å². The van der Waals surface area contributed by atoms with E-state index in [9.17, 15) is 14.4 Å². The summed E-state index contributed by atoms with van der Waals surface area (Å²) in [5.74, 6) is 1.58. The van der Waals surface area contributed by atoms with E-state index >= 15 is 0 Å². The van der Waals surface area contributed by atoms with E-state index in [1.165, 1.54) is 7.11 Å². The van der Waals surface area contributed by atoms with Gasteiger partial charge in [-0.25, -0.2) is 14.8 Å². The summed E-state index contributed by atoms with van der Waals surface area (Å²) in [6.07, 6.45) is 5.46. The second kappa shape index (κ2) is 16.3. The van der Waals surface area contributed by atoms with Gasteiger partial charge in [0.05, 0.1) is 42.6 Å². The molecule has 12 heteroatoms. The van der Waals surface area contributed by atoms with Gasteiger partial charge in [-0.05, 0) is 91.5 Å². The summed E-state index contributed by atoms with van der Waals surface area (Å²) in [6.45, 7) is 1.13. The molecule has 2 atom stereocenters. The number of alkyl carbamates (subject to hydrolysis) is 1. The number of aryl methyl sites for hydroxylation is 1. The molecule has 0 bridgehead atoms. The first kappa shape index (κ1) is 36.4. The van der Waals surface area contributed by atoms with E-state index in [4.69, 9.17) is 4.98 Å². The fourth-order valence-corrected chi connectivity index (χ4v) is 7.30. The molecule has 4 N–H and O–H groups in total. The minimum atomic E-state index is -0.630. The SMILES string of the molecule is COC(=O)NCC(=O)NCCCCc1ncc(-c2ccc3cc(-c4ccc5nc(C6CCCN6C(=O)[C@@H](c6ccccc6)N(C)C)[nH]c5c4)ccc3c2)[nH]1. The number of aromatic amines is 2. The monoisotopic (exact) mass is 726 g/mol. The summed E-state index contributed by atoms with van der Waals surface area (Å²) in [7, 11) is 5.17. The van der Waals surface area contributed by atoms with Gasteiger partial charge in [0.25, 0.3) is 0 Å². The molecule has 3 heterocycles. The zero-order valence-electron chi connectivity index (χ0n) is 30.9. The number of unbranched alkanes of at least 4 members (excludes halogenated alkanes) is 1. The molecule has 0 aliphatic carbocycles. The highest BCUT2D eigenvalue weighted by molar-refractivity contribution is 5.92. The van der Waals surface area contributed by atoms with Gasteiger partial charge in [0.2, 0.25) is 11.8 Å². The topological polar surface area (TPSA) is 148 Å². The van der Waals surface area contributed by atoms with Crippen LogP contribution in [0.15, 0.2) is 91.1 Å². The van der Waals surface area contributed by atoms with Crippen LogP contribution in [0.25, 0.3) is 44.2 Å². The Morgan fingerprint density at radius 1 is 0.907 bits per heavy atom. The van der Waals surface area contributed by atoms with E-state index in [1.54, 1.807) is 0 Å². The molecule has 1 aliphatic heterocycles. The maximum absolute atomic E-state index is 14.0. The predicted octanol–water partition coefficient (Wildman–Crippen LogP) is 6.53. The third-order valence-electron chi connectivity index (χ3n) is 10.1. The maximum atomic E-state index is 14.0. The number of ether oxygens (including phenoxy) is 1. The number of imidazole rings is 2. The average Bonchev–Trinajstić information content (AvgIpc) is 3.97. The van der Waals surface area contributed by atoms with Gasteiger partial charge < -0.3 is 30.2 Å². The van der Waals surface area contributed by atoms with E-state index in [0.717, 1.165) is 93.5 Å². The number of likely N-dealkylation sites (tertiary alicyclic amines) is 1. The van der Waals surface area contributed by atoms with Crippen LogP contribution in [-0.2, 0) is 20.7 Å². The van der Waals surface area contributed by atoms with E-state index in [-0.39, 0.29) is 30.4 Å². The maximum Gasteiger partial charge on any atom is 0.407 e. The lowest BCUT2D eigenvalue weighted by molar-refractivity contribution is -0.137. The van der Waals surface area contributed by atoms with Gasteiger partial charge in [0, 0.05) is 25.1 Å². The van der Waals surface area contributed by atoms with Crippen LogP contribution in [0, 0.1) is 0 Å². The summed E-state index contributed by atoms with van der Waals surface area (Å²) in [6, 6.07) is 28.8. The number of H-pyrrole nitrogens is 2. The first-order valence-electron chi connectivity index (χ1n) is 18.5. The Labute approximate surface area is 314 Å². The number of aromatic nitrogens is 4. The number of hydrogen-bond donors (Lipinski definition) is 4. The Balaban J connectivity index is 0.991. The van der Waals surface area contributed by atoms with E-state index in [2.05, 4.69) is 84.9 Å². The van der Waals surface area contributed by atoms with Crippen molar-refractivity contribution in [3.05, 3.63) is 108 Å². The van der Waals surface area contributed by atoms with Crippen LogP contribution in [-0.4, -0.2) is 88.5 Å². The van der Waals surface area contributed by atoms with Crippen molar-refractivity contribution in [3.63, 3.8) is 0 Å². The number of rotatable bonds is 13. The molecule has 1 unspecified atom stereocenters. The molecule has 1 aliphatic rings. The van der Waals surface area contributed by atoms with Gasteiger partial charge >= 0.3 is 6.09 Å². The lowest BCUT2D eigenvalue weighted by Gasteiger charge is -2.31. The number of benzene rings is 4. The van der Waals surface area contributed by atoms with Crippen molar-refractivity contribution in [2.24, 2.45) is 0 Å². The summed E-state index contributed by atoms with van der Waals surface area (Å²) in [5.41, 5.74) is 7.06. The molecule has 4 aromatic carbocycles. The highest BCUT2D eigenvalue weighted by Crippen LogP contribution is 2.36. The Bertz CT molecular complexity index is 2260. The van der Waals surface area contributed by atoms with Crippen LogP contribution < -0.4 is 10.6 Å². The number of hydrogen-bond acceptors (Lipinski definition) is 7. The number of nitrogens with one attached hydrogen (secondary N) is 4. The first-order valence-corrected chi connectivity index (χ1v) is 18.5. The number of carbonyl (C=O) groups is 3. The second-order valence-electron chi connectivity index (χ2n) is 14.0. The van der Waals surface area contributed by atoms with E-state index in [0.29, 0.717) is 13.1 Å². The number of amides is 3. The fraction of sp³-hybridized carbons (Fsp3) is 0.310. The molecule has 54 heavy (non-hydrogen) atoms. The highest BCUT2D eigenvalue weighted by Gasteiger charge is 2.37. The molecule has 1 saturated heterocycles. The van der Waals surface area contributed by atoms with Crippen molar-refractivity contribution >= 4 is 39.7 Å². The van der Waals surface area contributed by atoms with Crippen LogP contribution in [0.4, 0.5) is 4.79 Å². The standard InChI is InChI=1S/C42H46N8O4/c1-49(2)39(27-10-5-4-6-11-27)41(52)50-21-9-12-36(50)40-47-33-19-18-31(24-34(33)48-40)29-14-15-30-23-32(17-16-28(30)22-29)35-25-44-37(46-35)13-7-8-20-43-38(51)26-45-42(53)54-3/h4-6,10-11,14-19,22-25,36,39H,7-9,12-13,20-21,26H2,1-3H3,(H,43,51)(H,44,46)(H,45,53)(H,47,48)/t36?,39-/m1/s1. The molecule has 0 saturated carbocycles. The number of fused-ring (bicyclic) bond motifs is 2. The second-order valence-corrected chi connectivity index (χ2v) is 14.0. The molecule has 0 radical (unpaired) electrons. The van der Waals surface area contributed by atoms with Crippen LogP contribution in [0.2, 0.25) is 0 Å².